The summed E-state index contributed by atoms with van der Waals surface area (Å²) in [6.07, 6.45) is 6.39. The van der Waals surface area contributed by atoms with Gasteiger partial charge in [0.15, 0.2) is 0 Å². The van der Waals surface area contributed by atoms with Crippen molar-refractivity contribution in [2.24, 2.45) is 0 Å². The van der Waals surface area contributed by atoms with Crippen LogP contribution in [-0.4, -0.2) is 41.1 Å². The van der Waals surface area contributed by atoms with Gasteiger partial charge in [-0.3, -0.25) is 4.79 Å². The molecular weight excluding hydrogens is 402 g/mol. The van der Waals surface area contributed by atoms with E-state index in [0.29, 0.717) is 24.8 Å². The molecule has 0 bridgehead atoms. The number of carbonyl (C=O) groups excluding carboxylic acids is 1. The zero-order chi connectivity index (χ0) is 22.3. The van der Waals surface area contributed by atoms with Crippen LogP contribution in [0.5, 0.6) is 5.75 Å². The molecule has 0 aliphatic carbocycles. The van der Waals surface area contributed by atoms with Gasteiger partial charge in [-0.15, -0.1) is 0 Å². The first-order valence-electron chi connectivity index (χ1n) is 11.5. The number of amides is 1. The molecule has 2 aromatic carbocycles. The zero-order valence-corrected chi connectivity index (χ0v) is 18.9. The van der Waals surface area contributed by atoms with E-state index in [4.69, 9.17) is 9.26 Å². The number of carbonyl (C=O) groups is 1. The average Bonchev–Trinajstić information content (AvgIpc) is 3.35. The third kappa shape index (κ3) is 5.18. The van der Waals surface area contributed by atoms with Crippen molar-refractivity contribution in [3.63, 3.8) is 0 Å². The molecule has 1 aliphatic heterocycles. The first-order chi connectivity index (χ1) is 15.7. The SMILES string of the molecule is CCCCCc1ccc(C(=O)N2CCC(c3nc(-c4cccc(OC)c4)no3)CC2)cc1. The monoisotopic (exact) mass is 433 g/mol. The largest absolute Gasteiger partial charge is 0.497 e. The lowest BCUT2D eigenvalue weighted by atomic mass is 9.96. The van der Waals surface area contributed by atoms with Gasteiger partial charge in [-0.1, -0.05) is 49.2 Å². The Labute approximate surface area is 189 Å². The van der Waals surface area contributed by atoms with Gasteiger partial charge in [0.2, 0.25) is 11.7 Å². The molecule has 0 N–H and O–H groups in total. The number of rotatable bonds is 8. The molecule has 1 fully saturated rings. The Hall–Kier alpha value is -3.15. The van der Waals surface area contributed by atoms with E-state index in [0.717, 1.165) is 36.1 Å². The smallest absolute Gasteiger partial charge is 0.253 e. The normalized spacial score (nSPS) is 14.5. The van der Waals surface area contributed by atoms with E-state index < -0.39 is 0 Å². The molecule has 0 saturated carbocycles. The van der Waals surface area contributed by atoms with E-state index >= 15 is 0 Å². The molecule has 0 unspecified atom stereocenters. The number of hydrogen-bond donors (Lipinski definition) is 0. The number of aromatic nitrogens is 2. The van der Waals surface area contributed by atoms with Crippen molar-refractivity contribution in [2.45, 2.75) is 51.4 Å². The summed E-state index contributed by atoms with van der Waals surface area (Å²) in [6.45, 7) is 3.60. The highest BCUT2D eigenvalue weighted by atomic mass is 16.5. The fourth-order valence-corrected chi connectivity index (χ4v) is 4.19. The van der Waals surface area contributed by atoms with E-state index in [-0.39, 0.29) is 11.8 Å². The molecule has 0 radical (unpaired) electrons. The molecule has 4 rings (SSSR count). The molecule has 6 heteroatoms. The molecule has 1 aliphatic rings. The van der Waals surface area contributed by atoms with Gasteiger partial charge < -0.3 is 14.2 Å². The Balaban J connectivity index is 1.33. The fraction of sp³-hybridized carbons (Fsp3) is 0.423. The number of methoxy groups -OCH3 is 1. The van der Waals surface area contributed by atoms with Crippen molar-refractivity contribution in [1.29, 1.82) is 0 Å². The maximum Gasteiger partial charge on any atom is 0.253 e. The third-order valence-corrected chi connectivity index (χ3v) is 6.17. The molecule has 1 saturated heterocycles. The van der Waals surface area contributed by atoms with Crippen molar-refractivity contribution in [3.8, 4) is 17.1 Å². The van der Waals surface area contributed by atoms with Gasteiger partial charge >= 0.3 is 0 Å². The van der Waals surface area contributed by atoms with E-state index in [1.807, 2.05) is 41.3 Å². The van der Waals surface area contributed by atoms with E-state index in [9.17, 15) is 4.79 Å². The van der Waals surface area contributed by atoms with E-state index in [1.54, 1.807) is 7.11 Å². The number of hydrogen-bond acceptors (Lipinski definition) is 5. The minimum absolute atomic E-state index is 0.103. The Morgan fingerprint density at radius 3 is 2.62 bits per heavy atom. The lowest BCUT2D eigenvalue weighted by molar-refractivity contribution is 0.0704. The van der Waals surface area contributed by atoms with Crippen LogP contribution in [0.25, 0.3) is 11.4 Å². The second-order valence-corrected chi connectivity index (χ2v) is 8.41. The summed E-state index contributed by atoms with van der Waals surface area (Å²) in [7, 11) is 1.64. The number of nitrogens with zero attached hydrogens (tertiary/aromatic N) is 3. The van der Waals surface area contributed by atoms with Gasteiger partial charge in [-0.2, -0.15) is 4.98 Å². The van der Waals surface area contributed by atoms with Crippen LogP contribution >= 0.6 is 0 Å². The summed E-state index contributed by atoms with van der Waals surface area (Å²) in [5.41, 5.74) is 2.93. The molecule has 168 valence electrons. The van der Waals surface area contributed by atoms with Crippen LogP contribution in [0.4, 0.5) is 0 Å². The van der Waals surface area contributed by atoms with Gasteiger partial charge in [-0.25, -0.2) is 0 Å². The number of likely N-dealkylation sites (tertiary alicyclic amines) is 1. The molecule has 32 heavy (non-hydrogen) atoms. The fourth-order valence-electron chi connectivity index (χ4n) is 4.19. The second-order valence-electron chi connectivity index (χ2n) is 8.41. The van der Waals surface area contributed by atoms with Gasteiger partial charge in [-0.05, 0) is 55.5 Å². The molecule has 1 amide bonds. The van der Waals surface area contributed by atoms with Crippen molar-refractivity contribution in [1.82, 2.24) is 15.0 Å². The van der Waals surface area contributed by atoms with E-state index in [2.05, 4.69) is 29.2 Å². The second kappa shape index (κ2) is 10.4. The van der Waals surface area contributed by atoms with E-state index in [1.165, 1.54) is 24.8 Å². The first-order valence-corrected chi connectivity index (χ1v) is 11.5. The predicted molar refractivity (Wildman–Crippen MR) is 124 cm³/mol. The van der Waals surface area contributed by atoms with Gasteiger partial charge in [0, 0.05) is 30.1 Å². The van der Waals surface area contributed by atoms with Crippen molar-refractivity contribution in [2.75, 3.05) is 20.2 Å². The van der Waals surface area contributed by atoms with Crippen LogP contribution < -0.4 is 4.74 Å². The van der Waals surface area contributed by atoms with Crippen LogP contribution in [0.2, 0.25) is 0 Å². The molecule has 1 aromatic heterocycles. The number of unbranched alkanes of at least 4 members (excludes halogenated alkanes) is 2. The molecule has 0 spiro atoms. The van der Waals surface area contributed by atoms with Crippen LogP contribution in [0.15, 0.2) is 53.1 Å². The summed E-state index contributed by atoms with van der Waals surface area (Å²) in [4.78, 5) is 19.5. The summed E-state index contributed by atoms with van der Waals surface area (Å²) in [5, 5.41) is 4.15. The number of piperidine rings is 1. The molecule has 6 nitrogen and oxygen atoms in total. The van der Waals surface area contributed by atoms with Gasteiger partial charge in [0.1, 0.15) is 5.75 Å². The van der Waals surface area contributed by atoms with Gasteiger partial charge in [0.25, 0.3) is 5.91 Å². The van der Waals surface area contributed by atoms with Crippen molar-refractivity contribution >= 4 is 5.91 Å². The Kier molecular flexibility index (Phi) is 7.20. The molecular formula is C26H31N3O3. The minimum Gasteiger partial charge on any atom is -0.497 e. The third-order valence-electron chi connectivity index (χ3n) is 6.17. The quantitative estimate of drug-likeness (QED) is 0.439. The maximum atomic E-state index is 12.9. The number of benzene rings is 2. The Morgan fingerprint density at radius 1 is 1.12 bits per heavy atom. The van der Waals surface area contributed by atoms with Crippen LogP contribution in [0, 0.1) is 0 Å². The van der Waals surface area contributed by atoms with Crippen molar-refractivity contribution in [3.05, 3.63) is 65.5 Å². The average molecular weight is 434 g/mol. The number of aryl methyl sites for hydroxylation is 1. The lowest BCUT2D eigenvalue weighted by Crippen LogP contribution is -2.38. The first kappa shape index (κ1) is 22.1. The molecule has 0 atom stereocenters. The standard InChI is InChI=1S/C26H31N3O3/c1-3-4-5-7-19-10-12-21(13-11-19)26(30)29-16-14-20(15-17-29)25-27-24(28-32-25)22-8-6-9-23(18-22)31-2/h6,8-13,18,20H,3-5,7,14-17H2,1-2H3. The molecule has 2 heterocycles. The lowest BCUT2D eigenvalue weighted by Gasteiger charge is -2.30. The van der Waals surface area contributed by atoms with Crippen LogP contribution in [0.1, 0.15) is 66.8 Å². The summed E-state index contributed by atoms with van der Waals surface area (Å²) in [6, 6.07) is 15.7. The molecule has 3 aromatic rings. The highest BCUT2D eigenvalue weighted by molar-refractivity contribution is 5.94. The predicted octanol–water partition coefficient (Wildman–Crippen LogP) is 5.50. The number of ether oxygens (including phenoxy) is 1. The highest BCUT2D eigenvalue weighted by Crippen LogP contribution is 2.30. The summed E-state index contributed by atoms with van der Waals surface area (Å²) >= 11 is 0. The maximum absolute atomic E-state index is 12.9. The Morgan fingerprint density at radius 2 is 1.91 bits per heavy atom. The van der Waals surface area contributed by atoms with Crippen LogP contribution in [0.3, 0.4) is 0 Å². The summed E-state index contributed by atoms with van der Waals surface area (Å²) < 4.78 is 10.8. The Bertz CT molecular complexity index is 1020. The topological polar surface area (TPSA) is 68.5 Å². The van der Waals surface area contributed by atoms with Crippen LogP contribution in [-0.2, 0) is 6.42 Å². The highest BCUT2D eigenvalue weighted by Gasteiger charge is 2.28. The zero-order valence-electron chi connectivity index (χ0n) is 18.9. The summed E-state index contributed by atoms with van der Waals surface area (Å²) in [5.74, 6) is 2.25. The van der Waals surface area contributed by atoms with Gasteiger partial charge in [0.05, 0.1) is 7.11 Å². The van der Waals surface area contributed by atoms with Crippen molar-refractivity contribution < 1.29 is 14.1 Å². The minimum atomic E-state index is 0.103.